The highest BCUT2D eigenvalue weighted by atomic mass is 15.2. The molecule has 0 aliphatic rings. The van der Waals surface area contributed by atoms with Gasteiger partial charge in [-0.05, 0) is 221 Å². The van der Waals surface area contributed by atoms with Crippen LogP contribution < -0.4 is 19.6 Å². The first-order valence-electron chi connectivity index (χ1n) is 34.0. The van der Waals surface area contributed by atoms with Crippen LogP contribution in [-0.4, -0.2) is 0 Å². The molecule has 0 aliphatic carbocycles. The van der Waals surface area contributed by atoms with Gasteiger partial charge in [0.25, 0.3) is 0 Å². The third kappa shape index (κ3) is 12.0. The SMILES string of the molecule is Cc1ccc(N(c2ccc(C)cc2)c2cc(N(c3ccc(C)cc3)c3ccc(C)cc3)c3c(-c4ccc(C(C)(C)C)cc4)cc4c(N(c5ccc(C)cc5)c5ccc(C)cc5)cc(N(c5ccc(C)cc5)c5ccc(C)cc5)c5c(-c6ccc(C(C)(C)C)cc6)cc2c3c45)cc1. The number of nitrogens with zero attached hydrogens (tertiary/aromatic N) is 4. The van der Waals surface area contributed by atoms with Gasteiger partial charge in [0.15, 0.2) is 0 Å². The lowest BCUT2D eigenvalue weighted by atomic mass is 9.81. The van der Waals surface area contributed by atoms with E-state index in [2.05, 4.69) is 383 Å². The molecular weight excluding hydrogens is 1160 g/mol. The molecule has 0 heterocycles. The normalized spacial score (nSPS) is 11.9. The minimum absolute atomic E-state index is 0.0742. The molecule has 4 heteroatoms. The van der Waals surface area contributed by atoms with Crippen molar-refractivity contribution in [3.05, 3.63) is 323 Å². The lowest BCUT2D eigenvalue weighted by Crippen LogP contribution is -2.17. The van der Waals surface area contributed by atoms with Gasteiger partial charge in [0.05, 0.1) is 22.7 Å². The molecule has 474 valence electrons. The fourth-order valence-electron chi connectivity index (χ4n) is 13.9. The van der Waals surface area contributed by atoms with Gasteiger partial charge in [-0.3, -0.25) is 0 Å². The zero-order chi connectivity index (χ0) is 66.9. The molecule has 0 radical (unpaired) electrons. The van der Waals surface area contributed by atoms with Crippen molar-refractivity contribution in [2.75, 3.05) is 19.6 Å². The molecule has 0 saturated heterocycles. The van der Waals surface area contributed by atoms with E-state index in [1.165, 1.54) is 55.6 Å². The molecule has 14 rings (SSSR count). The third-order valence-corrected chi connectivity index (χ3v) is 19.4. The molecule has 14 aromatic carbocycles. The van der Waals surface area contributed by atoms with E-state index in [9.17, 15) is 0 Å². The third-order valence-electron chi connectivity index (χ3n) is 19.4. The number of rotatable bonds is 14. The topological polar surface area (TPSA) is 13.0 Å². The van der Waals surface area contributed by atoms with E-state index in [-0.39, 0.29) is 10.8 Å². The van der Waals surface area contributed by atoms with Crippen molar-refractivity contribution >= 4 is 101 Å². The van der Waals surface area contributed by atoms with E-state index in [1.54, 1.807) is 0 Å². The molecule has 14 aromatic rings. The fourth-order valence-corrected chi connectivity index (χ4v) is 13.9. The van der Waals surface area contributed by atoms with Crippen molar-refractivity contribution in [1.82, 2.24) is 0 Å². The number of aryl methyl sites for hydroxylation is 8. The van der Waals surface area contributed by atoms with Crippen LogP contribution in [0.25, 0.3) is 54.6 Å². The summed E-state index contributed by atoms with van der Waals surface area (Å²) < 4.78 is 0. The first-order chi connectivity index (χ1) is 46.1. The molecule has 0 aliphatic heterocycles. The first-order valence-corrected chi connectivity index (χ1v) is 34.0. The van der Waals surface area contributed by atoms with Crippen LogP contribution >= 0.6 is 0 Å². The molecule has 0 amide bonds. The largest absolute Gasteiger partial charge is 0.310 e. The smallest absolute Gasteiger partial charge is 0.0567 e. The van der Waals surface area contributed by atoms with E-state index >= 15 is 0 Å². The number of hydrogen-bond donors (Lipinski definition) is 0. The lowest BCUT2D eigenvalue weighted by Gasteiger charge is -2.36. The minimum atomic E-state index is -0.0742. The van der Waals surface area contributed by atoms with Gasteiger partial charge in [-0.25, -0.2) is 0 Å². The Morgan fingerprint density at radius 1 is 0.198 bits per heavy atom. The first kappa shape index (κ1) is 62.8. The van der Waals surface area contributed by atoms with Gasteiger partial charge in [0.2, 0.25) is 0 Å². The average Bonchev–Trinajstić information content (AvgIpc) is 0.686. The fraction of sp³-hybridized carbons (Fsp3) is 0.174. The molecule has 0 saturated carbocycles. The lowest BCUT2D eigenvalue weighted by molar-refractivity contribution is 0.590. The monoisotopic (exact) mass is 1250 g/mol. The molecule has 4 nitrogen and oxygen atoms in total. The molecule has 96 heavy (non-hydrogen) atoms. The Balaban J connectivity index is 1.31. The van der Waals surface area contributed by atoms with Crippen LogP contribution in [0.4, 0.5) is 68.2 Å². The highest BCUT2D eigenvalue weighted by Gasteiger charge is 2.33. The molecular formula is C92H86N4. The molecule has 0 N–H and O–H groups in total. The van der Waals surface area contributed by atoms with Crippen LogP contribution in [0, 0.1) is 55.4 Å². The summed E-state index contributed by atoms with van der Waals surface area (Å²) in [6, 6.07) is 102. The van der Waals surface area contributed by atoms with E-state index in [0.29, 0.717) is 0 Å². The van der Waals surface area contributed by atoms with Crippen molar-refractivity contribution in [1.29, 1.82) is 0 Å². The number of benzene rings is 14. The number of hydrogen-bond acceptors (Lipinski definition) is 4. The second-order valence-corrected chi connectivity index (χ2v) is 29.0. The summed E-state index contributed by atoms with van der Waals surface area (Å²) in [4.78, 5) is 10.1. The Bertz CT molecular complexity index is 4600. The summed E-state index contributed by atoms with van der Waals surface area (Å²) in [5, 5.41) is 6.88. The average molecular weight is 1250 g/mol. The van der Waals surface area contributed by atoms with Gasteiger partial charge in [0.1, 0.15) is 0 Å². The summed E-state index contributed by atoms with van der Waals surface area (Å²) >= 11 is 0. The highest BCUT2D eigenvalue weighted by molar-refractivity contribution is 6.38. The van der Waals surface area contributed by atoms with E-state index in [4.69, 9.17) is 0 Å². The molecule has 0 bridgehead atoms. The molecule has 0 spiro atoms. The summed E-state index contributed by atoms with van der Waals surface area (Å²) in [5.74, 6) is 0. The molecule has 0 unspecified atom stereocenters. The Kier molecular flexibility index (Phi) is 16.3. The van der Waals surface area contributed by atoms with Crippen molar-refractivity contribution in [2.45, 2.75) is 108 Å². The van der Waals surface area contributed by atoms with Crippen molar-refractivity contribution in [3.8, 4) is 22.3 Å². The Hall–Kier alpha value is -10.7. The maximum absolute atomic E-state index is 2.57. The van der Waals surface area contributed by atoms with Gasteiger partial charge in [0, 0.05) is 77.8 Å². The van der Waals surface area contributed by atoms with Crippen LogP contribution in [0.2, 0.25) is 0 Å². The summed E-state index contributed by atoms with van der Waals surface area (Å²) in [7, 11) is 0. The molecule has 0 aromatic heterocycles. The molecule has 0 atom stereocenters. The Labute approximate surface area is 569 Å². The quantitative estimate of drug-likeness (QED) is 0.101. The van der Waals surface area contributed by atoms with E-state index in [0.717, 1.165) is 123 Å². The summed E-state index contributed by atoms with van der Waals surface area (Å²) in [6.45, 7) is 31.4. The van der Waals surface area contributed by atoms with Crippen LogP contribution in [-0.2, 0) is 10.8 Å². The maximum atomic E-state index is 2.57. The summed E-state index contributed by atoms with van der Waals surface area (Å²) in [6.07, 6.45) is 0. The predicted molar refractivity (Wildman–Crippen MR) is 415 cm³/mol. The van der Waals surface area contributed by atoms with Crippen LogP contribution in [0.5, 0.6) is 0 Å². The maximum Gasteiger partial charge on any atom is 0.0567 e. The van der Waals surface area contributed by atoms with Gasteiger partial charge in [-0.15, -0.1) is 0 Å². The van der Waals surface area contributed by atoms with Gasteiger partial charge < -0.3 is 19.6 Å². The zero-order valence-corrected chi connectivity index (χ0v) is 58.2. The van der Waals surface area contributed by atoms with Gasteiger partial charge >= 0.3 is 0 Å². The second kappa shape index (κ2) is 24.9. The van der Waals surface area contributed by atoms with Crippen molar-refractivity contribution in [2.24, 2.45) is 0 Å². The van der Waals surface area contributed by atoms with Crippen LogP contribution in [0.1, 0.15) is 97.2 Å². The van der Waals surface area contributed by atoms with Crippen molar-refractivity contribution in [3.63, 3.8) is 0 Å². The highest BCUT2D eigenvalue weighted by Crippen LogP contribution is 2.59. The van der Waals surface area contributed by atoms with Gasteiger partial charge in [-0.2, -0.15) is 0 Å². The van der Waals surface area contributed by atoms with E-state index in [1.807, 2.05) is 0 Å². The standard InChI is InChI=1S/C92H86N4/c1-59-15-39-71(40-16-59)93(72-41-17-60(2)18-42-72)83-57-85(95(75-47-23-63(5)24-48-75)76-49-25-64(6)26-50-76)87-80(68-33-37-70(38-34-68)92(12,13)14)56-82-84(94(73-43-19-61(3)20-44-73)74-45-21-62(4)22-46-74)58-86(96(77-51-27-65(7)28-52-77)78-53-29-66(8)30-54-78)88-79(55-81(83)89(87)90(82)88)67-31-35-69(36-32-67)91(9,10)11/h15-58H,1-14H3. The van der Waals surface area contributed by atoms with Crippen LogP contribution in [0.15, 0.2) is 267 Å². The van der Waals surface area contributed by atoms with Crippen LogP contribution in [0.3, 0.4) is 0 Å². The Morgan fingerprint density at radius 2 is 0.385 bits per heavy atom. The minimum Gasteiger partial charge on any atom is -0.310 e. The predicted octanol–water partition coefficient (Wildman–Crippen LogP) is 26.9. The van der Waals surface area contributed by atoms with Gasteiger partial charge in [-0.1, -0.05) is 232 Å². The van der Waals surface area contributed by atoms with Crippen molar-refractivity contribution < 1.29 is 0 Å². The molecule has 0 fully saturated rings. The summed E-state index contributed by atoms with van der Waals surface area (Å²) in [5.41, 5.74) is 29.3. The zero-order valence-electron chi connectivity index (χ0n) is 58.2. The Morgan fingerprint density at radius 3 is 0.573 bits per heavy atom. The van der Waals surface area contributed by atoms with E-state index < -0.39 is 0 Å². The second-order valence-electron chi connectivity index (χ2n) is 29.0. The number of anilines is 12.